The van der Waals surface area contributed by atoms with Gasteiger partial charge in [0.25, 0.3) is 0 Å². The number of hydrogen-bond acceptors (Lipinski definition) is 3. The van der Waals surface area contributed by atoms with E-state index in [0.29, 0.717) is 0 Å². The lowest BCUT2D eigenvalue weighted by molar-refractivity contribution is 0.355. The number of hydrogen-bond donors (Lipinski definition) is 1. The van der Waals surface area contributed by atoms with Gasteiger partial charge in [-0.2, -0.15) is 0 Å². The highest BCUT2D eigenvalue weighted by Gasteiger charge is 2.01. The fraction of sp³-hybridized carbons (Fsp3) is 0.273. The molecule has 1 aromatic rings. The quantitative estimate of drug-likeness (QED) is 0.792. The molecule has 0 aromatic heterocycles. The highest BCUT2D eigenvalue weighted by Crippen LogP contribution is 2.27. The molecule has 0 fully saturated rings. The van der Waals surface area contributed by atoms with E-state index in [1.54, 1.807) is 14.2 Å². The van der Waals surface area contributed by atoms with E-state index in [-0.39, 0.29) is 0 Å². The Labute approximate surface area is 84.3 Å². The van der Waals surface area contributed by atoms with Crippen LogP contribution in [0.4, 0.5) is 0 Å². The first-order valence-electron chi connectivity index (χ1n) is 4.37. The van der Waals surface area contributed by atoms with E-state index in [9.17, 15) is 0 Å². The second-order valence-corrected chi connectivity index (χ2v) is 2.74. The largest absolute Gasteiger partial charge is 0.493 e. The van der Waals surface area contributed by atoms with Crippen LogP contribution in [0.2, 0.25) is 0 Å². The summed E-state index contributed by atoms with van der Waals surface area (Å²) in [5.74, 6) is 1.49. The minimum absolute atomic E-state index is 0.741. The predicted molar refractivity (Wildman–Crippen MR) is 57.6 cm³/mol. The van der Waals surface area contributed by atoms with Crippen LogP contribution < -0.4 is 14.8 Å². The van der Waals surface area contributed by atoms with Gasteiger partial charge in [0.05, 0.1) is 14.2 Å². The fourth-order valence-corrected chi connectivity index (χ4v) is 1.14. The van der Waals surface area contributed by atoms with Crippen molar-refractivity contribution in [3.05, 3.63) is 30.0 Å². The third-order valence-electron chi connectivity index (χ3n) is 1.85. The van der Waals surface area contributed by atoms with Gasteiger partial charge < -0.3 is 14.8 Å². The smallest absolute Gasteiger partial charge is 0.161 e. The van der Waals surface area contributed by atoms with Gasteiger partial charge in [0.1, 0.15) is 0 Å². The van der Waals surface area contributed by atoms with Crippen LogP contribution in [0, 0.1) is 0 Å². The first-order chi connectivity index (χ1) is 6.81. The zero-order valence-corrected chi connectivity index (χ0v) is 8.70. The molecule has 0 saturated heterocycles. The van der Waals surface area contributed by atoms with Crippen molar-refractivity contribution in [3.8, 4) is 11.5 Å². The van der Waals surface area contributed by atoms with Crippen molar-refractivity contribution in [1.82, 2.24) is 5.32 Å². The Kier molecular flexibility index (Phi) is 3.85. The third-order valence-corrected chi connectivity index (χ3v) is 1.85. The summed E-state index contributed by atoms with van der Waals surface area (Å²) in [5, 5.41) is 2.93. The average Bonchev–Trinajstić information content (AvgIpc) is 2.25. The van der Waals surface area contributed by atoms with Gasteiger partial charge >= 0.3 is 0 Å². The maximum Gasteiger partial charge on any atom is 0.161 e. The Balaban J connectivity index is 2.95. The Bertz CT molecular complexity index is 321. The van der Waals surface area contributed by atoms with E-state index >= 15 is 0 Å². The zero-order valence-electron chi connectivity index (χ0n) is 8.70. The molecule has 1 rings (SSSR count). The topological polar surface area (TPSA) is 30.5 Å². The summed E-state index contributed by atoms with van der Waals surface area (Å²) in [6, 6.07) is 5.77. The SMILES string of the molecule is CNC=Cc1ccc(OC)c(OC)c1. The molecule has 0 aliphatic heterocycles. The van der Waals surface area contributed by atoms with Crippen molar-refractivity contribution >= 4 is 6.08 Å². The van der Waals surface area contributed by atoms with Crippen molar-refractivity contribution in [1.29, 1.82) is 0 Å². The van der Waals surface area contributed by atoms with E-state index in [0.717, 1.165) is 17.1 Å². The van der Waals surface area contributed by atoms with Gasteiger partial charge in [0, 0.05) is 7.05 Å². The highest BCUT2D eigenvalue weighted by atomic mass is 16.5. The van der Waals surface area contributed by atoms with Crippen LogP contribution in [-0.4, -0.2) is 21.3 Å². The molecular formula is C11H15NO2. The summed E-state index contributed by atoms with van der Waals surface area (Å²) in [6.45, 7) is 0. The van der Waals surface area contributed by atoms with Crippen molar-refractivity contribution in [3.63, 3.8) is 0 Å². The molecule has 0 amide bonds. The molecule has 0 saturated carbocycles. The van der Waals surface area contributed by atoms with Crippen LogP contribution in [0.15, 0.2) is 24.4 Å². The number of rotatable bonds is 4. The second kappa shape index (κ2) is 5.17. The number of benzene rings is 1. The van der Waals surface area contributed by atoms with Crippen molar-refractivity contribution in [2.24, 2.45) is 0 Å². The third kappa shape index (κ3) is 2.42. The summed E-state index contributed by atoms with van der Waals surface area (Å²) >= 11 is 0. The molecule has 0 spiro atoms. The van der Waals surface area contributed by atoms with Crippen LogP contribution in [0.25, 0.3) is 6.08 Å². The average molecular weight is 193 g/mol. The number of nitrogens with one attached hydrogen (secondary N) is 1. The van der Waals surface area contributed by atoms with Crippen molar-refractivity contribution in [2.75, 3.05) is 21.3 Å². The summed E-state index contributed by atoms with van der Waals surface area (Å²) < 4.78 is 10.3. The Morgan fingerprint density at radius 3 is 2.43 bits per heavy atom. The van der Waals surface area contributed by atoms with E-state index in [4.69, 9.17) is 9.47 Å². The molecular weight excluding hydrogens is 178 g/mol. The Morgan fingerprint density at radius 1 is 1.14 bits per heavy atom. The Hall–Kier alpha value is -1.64. The van der Waals surface area contributed by atoms with Crippen LogP contribution in [0.3, 0.4) is 0 Å². The molecule has 0 unspecified atom stereocenters. The molecule has 0 aliphatic carbocycles. The molecule has 3 nitrogen and oxygen atoms in total. The molecule has 0 bridgehead atoms. The molecule has 1 aromatic carbocycles. The normalized spacial score (nSPS) is 10.2. The maximum absolute atomic E-state index is 5.18. The monoisotopic (exact) mass is 193 g/mol. The van der Waals surface area contributed by atoms with Crippen molar-refractivity contribution in [2.45, 2.75) is 0 Å². The first kappa shape index (κ1) is 10.4. The summed E-state index contributed by atoms with van der Waals surface area (Å²) in [4.78, 5) is 0. The molecule has 0 heterocycles. The van der Waals surface area contributed by atoms with Crippen LogP contribution in [0.5, 0.6) is 11.5 Å². The summed E-state index contributed by atoms with van der Waals surface area (Å²) in [5.41, 5.74) is 1.07. The van der Waals surface area contributed by atoms with Gasteiger partial charge in [-0.05, 0) is 30.0 Å². The molecule has 76 valence electrons. The van der Waals surface area contributed by atoms with Gasteiger partial charge in [0.2, 0.25) is 0 Å². The van der Waals surface area contributed by atoms with Gasteiger partial charge in [-0.15, -0.1) is 0 Å². The lowest BCUT2D eigenvalue weighted by Crippen LogP contribution is -1.92. The van der Waals surface area contributed by atoms with Crippen LogP contribution in [-0.2, 0) is 0 Å². The lowest BCUT2D eigenvalue weighted by Gasteiger charge is -2.07. The highest BCUT2D eigenvalue weighted by molar-refractivity contribution is 5.55. The van der Waals surface area contributed by atoms with Crippen LogP contribution in [0.1, 0.15) is 5.56 Å². The molecule has 0 aliphatic rings. The summed E-state index contributed by atoms with van der Waals surface area (Å²) in [7, 11) is 5.11. The van der Waals surface area contributed by atoms with Gasteiger partial charge in [-0.3, -0.25) is 0 Å². The minimum atomic E-state index is 0.741. The van der Waals surface area contributed by atoms with Gasteiger partial charge in [0.15, 0.2) is 11.5 Å². The Morgan fingerprint density at radius 2 is 1.86 bits per heavy atom. The fourth-order valence-electron chi connectivity index (χ4n) is 1.14. The molecule has 0 radical (unpaired) electrons. The second-order valence-electron chi connectivity index (χ2n) is 2.74. The molecule has 14 heavy (non-hydrogen) atoms. The predicted octanol–water partition coefficient (Wildman–Crippen LogP) is 1.89. The lowest BCUT2D eigenvalue weighted by atomic mass is 10.2. The summed E-state index contributed by atoms with van der Waals surface area (Å²) in [6.07, 6.45) is 3.82. The van der Waals surface area contributed by atoms with Crippen LogP contribution >= 0.6 is 0 Å². The number of methoxy groups -OCH3 is 2. The van der Waals surface area contributed by atoms with E-state index < -0.39 is 0 Å². The number of ether oxygens (including phenoxy) is 2. The minimum Gasteiger partial charge on any atom is -0.493 e. The van der Waals surface area contributed by atoms with Gasteiger partial charge in [-0.1, -0.05) is 6.07 Å². The zero-order chi connectivity index (χ0) is 10.4. The molecule has 3 heteroatoms. The van der Waals surface area contributed by atoms with E-state index in [2.05, 4.69) is 5.32 Å². The van der Waals surface area contributed by atoms with Crippen molar-refractivity contribution < 1.29 is 9.47 Å². The van der Waals surface area contributed by atoms with Gasteiger partial charge in [-0.25, -0.2) is 0 Å². The first-order valence-corrected chi connectivity index (χ1v) is 4.37. The molecule has 1 N–H and O–H groups in total. The van der Waals surface area contributed by atoms with E-state index in [1.807, 2.05) is 37.5 Å². The molecule has 0 atom stereocenters. The van der Waals surface area contributed by atoms with E-state index in [1.165, 1.54) is 0 Å². The maximum atomic E-state index is 5.18. The standard InChI is InChI=1S/C11H15NO2/c1-12-7-6-9-4-5-10(13-2)11(8-9)14-3/h4-8,12H,1-3H3.